The van der Waals surface area contributed by atoms with Gasteiger partial charge < -0.3 is 15.2 Å². The number of aromatic carboxylic acids is 1. The van der Waals surface area contributed by atoms with E-state index >= 15 is 0 Å². The summed E-state index contributed by atoms with van der Waals surface area (Å²) in [7, 11) is 0. The fraction of sp³-hybridized carbons (Fsp3) is 0.263. The molecule has 2 bridgehead atoms. The van der Waals surface area contributed by atoms with Crippen molar-refractivity contribution in [2.75, 3.05) is 4.90 Å². The van der Waals surface area contributed by atoms with E-state index in [1.807, 2.05) is 32.0 Å². The first kappa shape index (κ1) is 15.5. The molecular formula is C19H18N2O4. The average Bonchev–Trinajstić information content (AvgIpc) is 2.55. The van der Waals surface area contributed by atoms with Gasteiger partial charge >= 0.3 is 12.0 Å². The largest absolute Gasteiger partial charge is 0.478 e. The van der Waals surface area contributed by atoms with E-state index in [2.05, 4.69) is 5.32 Å². The van der Waals surface area contributed by atoms with Gasteiger partial charge in [-0.05, 0) is 44.2 Å². The fourth-order valence-corrected chi connectivity index (χ4v) is 3.64. The van der Waals surface area contributed by atoms with Crippen LogP contribution >= 0.6 is 0 Å². The summed E-state index contributed by atoms with van der Waals surface area (Å²) in [5.74, 6) is -0.240. The SMILES string of the molecule is Cc1ccc2c(c1)[C@@H]1C[C@](C)(O2)N(c2ccc(C(=O)O)cc2)C(=O)N1. The van der Waals surface area contributed by atoms with Gasteiger partial charge in [0.1, 0.15) is 5.75 Å². The number of rotatable bonds is 2. The lowest BCUT2D eigenvalue weighted by molar-refractivity contribution is 0.0378. The van der Waals surface area contributed by atoms with Crippen molar-refractivity contribution in [1.29, 1.82) is 0 Å². The summed E-state index contributed by atoms with van der Waals surface area (Å²) in [5.41, 5.74) is 2.05. The molecule has 2 atom stereocenters. The molecule has 128 valence electrons. The molecule has 2 aromatic rings. The Morgan fingerprint density at radius 3 is 2.68 bits per heavy atom. The molecule has 2 heterocycles. The third kappa shape index (κ3) is 2.41. The number of amides is 2. The first-order valence-electron chi connectivity index (χ1n) is 8.11. The maximum absolute atomic E-state index is 12.7. The molecule has 0 unspecified atom stereocenters. The maximum atomic E-state index is 12.7. The van der Waals surface area contributed by atoms with Crippen molar-refractivity contribution < 1.29 is 19.4 Å². The summed E-state index contributed by atoms with van der Waals surface area (Å²) < 4.78 is 6.21. The fourth-order valence-electron chi connectivity index (χ4n) is 3.64. The molecule has 2 aliphatic heterocycles. The Bertz CT molecular complexity index is 877. The summed E-state index contributed by atoms with van der Waals surface area (Å²) in [5, 5.41) is 12.1. The second-order valence-corrected chi connectivity index (χ2v) is 6.71. The Kier molecular flexibility index (Phi) is 3.25. The number of fused-ring (bicyclic) bond motifs is 4. The van der Waals surface area contributed by atoms with Crippen LogP contribution in [0.1, 0.15) is 40.9 Å². The van der Waals surface area contributed by atoms with E-state index in [0.29, 0.717) is 12.1 Å². The van der Waals surface area contributed by atoms with E-state index in [1.54, 1.807) is 17.0 Å². The van der Waals surface area contributed by atoms with Crippen LogP contribution in [0.5, 0.6) is 5.75 Å². The van der Waals surface area contributed by atoms with Gasteiger partial charge in [0.15, 0.2) is 5.72 Å². The quantitative estimate of drug-likeness (QED) is 0.879. The summed E-state index contributed by atoms with van der Waals surface area (Å²) >= 11 is 0. The third-order valence-corrected chi connectivity index (χ3v) is 4.80. The molecule has 25 heavy (non-hydrogen) atoms. The number of carbonyl (C=O) groups excluding carboxylic acids is 1. The standard InChI is InChI=1S/C19H18N2O4/c1-11-3-8-16-14(9-11)15-10-19(2,25-16)21(18(24)20-15)13-6-4-12(5-7-13)17(22)23/h3-9,15H,10H2,1-2H3,(H,20,24)(H,22,23)/t15-,19-/m0/s1. The Morgan fingerprint density at radius 1 is 1.28 bits per heavy atom. The van der Waals surface area contributed by atoms with Gasteiger partial charge in [-0.15, -0.1) is 0 Å². The predicted molar refractivity (Wildman–Crippen MR) is 92.0 cm³/mol. The number of hydrogen-bond acceptors (Lipinski definition) is 3. The predicted octanol–water partition coefficient (Wildman–Crippen LogP) is 3.46. The Balaban J connectivity index is 1.75. The summed E-state index contributed by atoms with van der Waals surface area (Å²) in [4.78, 5) is 25.3. The van der Waals surface area contributed by atoms with Crippen LogP contribution in [0.25, 0.3) is 0 Å². The van der Waals surface area contributed by atoms with E-state index in [0.717, 1.165) is 16.9 Å². The molecule has 0 aromatic heterocycles. The van der Waals surface area contributed by atoms with Crippen molar-refractivity contribution in [3.63, 3.8) is 0 Å². The van der Waals surface area contributed by atoms with Crippen LogP contribution in [0.3, 0.4) is 0 Å². The van der Waals surface area contributed by atoms with Gasteiger partial charge in [0.25, 0.3) is 0 Å². The minimum atomic E-state index is -1.00. The molecule has 2 N–H and O–H groups in total. The van der Waals surface area contributed by atoms with Crippen LogP contribution in [0.2, 0.25) is 0 Å². The normalized spacial score (nSPS) is 24.2. The smallest absolute Gasteiger partial charge is 0.335 e. The molecule has 6 nitrogen and oxygen atoms in total. The highest BCUT2D eigenvalue weighted by Crippen LogP contribution is 2.45. The van der Waals surface area contributed by atoms with E-state index in [9.17, 15) is 9.59 Å². The molecule has 2 amide bonds. The Morgan fingerprint density at radius 2 is 2.00 bits per heavy atom. The van der Waals surface area contributed by atoms with Crippen LogP contribution in [0, 0.1) is 6.92 Å². The summed E-state index contributed by atoms with van der Waals surface area (Å²) in [6, 6.07) is 11.8. The van der Waals surface area contributed by atoms with Crippen molar-refractivity contribution in [3.05, 3.63) is 59.2 Å². The molecule has 4 rings (SSSR count). The number of urea groups is 1. The first-order valence-corrected chi connectivity index (χ1v) is 8.11. The number of nitrogens with zero attached hydrogens (tertiary/aromatic N) is 1. The van der Waals surface area contributed by atoms with Crippen LogP contribution in [0.15, 0.2) is 42.5 Å². The minimum absolute atomic E-state index is 0.101. The lowest BCUT2D eigenvalue weighted by atomic mass is 9.89. The minimum Gasteiger partial charge on any atom is -0.478 e. The van der Waals surface area contributed by atoms with Crippen LogP contribution < -0.4 is 15.0 Å². The second-order valence-electron chi connectivity index (χ2n) is 6.71. The number of anilines is 1. The zero-order valence-corrected chi connectivity index (χ0v) is 13.9. The molecule has 2 aromatic carbocycles. The number of ether oxygens (including phenoxy) is 1. The lowest BCUT2D eigenvalue weighted by Gasteiger charge is -2.50. The summed E-state index contributed by atoms with van der Waals surface area (Å²) in [6.45, 7) is 3.89. The zero-order valence-electron chi connectivity index (χ0n) is 13.9. The summed E-state index contributed by atoms with van der Waals surface area (Å²) in [6.07, 6.45) is 0.607. The highest BCUT2D eigenvalue weighted by atomic mass is 16.5. The number of hydrogen-bond donors (Lipinski definition) is 2. The monoisotopic (exact) mass is 338 g/mol. The number of aryl methyl sites for hydroxylation is 1. The van der Waals surface area contributed by atoms with E-state index in [4.69, 9.17) is 9.84 Å². The number of carboxylic acid groups (broad SMARTS) is 1. The van der Waals surface area contributed by atoms with Crippen LogP contribution in [-0.4, -0.2) is 22.8 Å². The number of benzene rings is 2. The van der Waals surface area contributed by atoms with E-state index < -0.39 is 11.7 Å². The zero-order chi connectivity index (χ0) is 17.8. The van der Waals surface area contributed by atoms with Gasteiger partial charge in [0.05, 0.1) is 11.6 Å². The maximum Gasteiger partial charge on any atom is 0.335 e. The first-order chi connectivity index (χ1) is 11.9. The van der Waals surface area contributed by atoms with Crippen LogP contribution in [0.4, 0.5) is 10.5 Å². The average molecular weight is 338 g/mol. The van der Waals surface area contributed by atoms with Gasteiger partial charge in [-0.2, -0.15) is 0 Å². The molecule has 0 saturated carbocycles. The Hall–Kier alpha value is -3.02. The van der Waals surface area contributed by atoms with Crippen molar-refractivity contribution >= 4 is 17.7 Å². The second kappa shape index (κ2) is 5.24. The highest BCUT2D eigenvalue weighted by Gasteiger charge is 2.49. The highest BCUT2D eigenvalue weighted by molar-refractivity contribution is 5.95. The number of carbonyl (C=O) groups is 2. The van der Waals surface area contributed by atoms with Gasteiger partial charge in [-0.3, -0.25) is 4.90 Å². The van der Waals surface area contributed by atoms with E-state index in [-0.39, 0.29) is 17.6 Å². The molecule has 1 saturated heterocycles. The number of nitrogens with one attached hydrogen (secondary N) is 1. The lowest BCUT2D eigenvalue weighted by Crippen LogP contribution is -2.65. The van der Waals surface area contributed by atoms with E-state index in [1.165, 1.54) is 12.1 Å². The van der Waals surface area contributed by atoms with Gasteiger partial charge in [-0.1, -0.05) is 17.7 Å². The van der Waals surface area contributed by atoms with Crippen molar-refractivity contribution in [3.8, 4) is 5.75 Å². The Labute approximate surface area is 145 Å². The van der Waals surface area contributed by atoms with Gasteiger partial charge in [-0.25, -0.2) is 9.59 Å². The molecule has 2 aliphatic rings. The molecule has 6 heteroatoms. The molecule has 1 fully saturated rings. The molecule has 0 aliphatic carbocycles. The third-order valence-electron chi connectivity index (χ3n) is 4.80. The van der Waals surface area contributed by atoms with Crippen LogP contribution in [-0.2, 0) is 0 Å². The molecule has 0 radical (unpaired) electrons. The molecule has 0 spiro atoms. The van der Waals surface area contributed by atoms with Crippen molar-refractivity contribution in [2.45, 2.75) is 32.0 Å². The van der Waals surface area contributed by atoms with Gasteiger partial charge in [0, 0.05) is 17.7 Å². The van der Waals surface area contributed by atoms with Gasteiger partial charge in [0.2, 0.25) is 0 Å². The van der Waals surface area contributed by atoms with Crippen molar-refractivity contribution in [1.82, 2.24) is 5.32 Å². The van der Waals surface area contributed by atoms with Crippen molar-refractivity contribution in [2.24, 2.45) is 0 Å². The topological polar surface area (TPSA) is 78.9 Å². The number of carboxylic acids is 1. The molecular weight excluding hydrogens is 320 g/mol.